The predicted octanol–water partition coefficient (Wildman–Crippen LogP) is 4.21. The van der Waals surface area contributed by atoms with Gasteiger partial charge in [0.25, 0.3) is 0 Å². The molecule has 7 heteroatoms. The molecule has 3 nitrogen and oxygen atoms in total. The lowest BCUT2D eigenvalue weighted by Gasteiger charge is -2.08. The van der Waals surface area contributed by atoms with Crippen molar-refractivity contribution >= 4 is 34.9 Å². The normalized spacial score (nSPS) is 10.5. The summed E-state index contributed by atoms with van der Waals surface area (Å²) in [7, 11) is 0. The van der Waals surface area contributed by atoms with Gasteiger partial charge >= 0.3 is 5.97 Å². The van der Waals surface area contributed by atoms with E-state index in [9.17, 15) is 13.6 Å². The molecular weight excluding hydrogens is 323 g/mol. The van der Waals surface area contributed by atoms with Crippen molar-refractivity contribution in [2.24, 2.45) is 0 Å². The van der Waals surface area contributed by atoms with Crippen LogP contribution in [-0.4, -0.2) is 5.97 Å². The van der Waals surface area contributed by atoms with Crippen molar-refractivity contribution in [1.29, 1.82) is 0 Å². The molecule has 0 amide bonds. The molecule has 0 aromatic heterocycles. The SMILES string of the molecule is Nc1cc(Cl)c(Cl)c(C(=O)OCc2ccc(F)c(F)c2)c1. The summed E-state index contributed by atoms with van der Waals surface area (Å²) in [5.41, 5.74) is 6.13. The number of anilines is 1. The first-order valence-electron chi connectivity index (χ1n) is 5.74. The molecule has 0 saturated heterocycles. The minimum absolute atomic E-state index is 0.00394. The zero-order chi connectivity index (χ0) is 15.6. The monoisotopic (exact) mass is 331 g/mol. The molecule has 0 aliphatic heterocycles. The van der Waals surface area contributed by atoms with Gasteiger partial charge in [0.05, 0.1) is 15.6 Å². The van der Waals surface area contributed by atoms with Gasteiger partial charge in [0.2, 0.25) is 0 Å². The first-order chi connectivity index (χ1) is 9.88. The van der Waals surface area contributed by atoms with Gasteiger partial charge in [-0.15, -0.1) is 0 Å². The van der Waals surface area contributed by atoms with E-state index in [2.05, 4.69) is 0 Å². The maximum absolute atomic E-state index is 13.0. The van der Waals surface area contributed by atoms with Crippen molar-refractivity contribution in [2.75, 3.05) is 5.73 Å². The molecule has 0 saturated carbocycles. The fourth-order valence-electron chi connectivity index (χ4n) is 1.61. The molecule has 2 aromatic rings. The van der Waals surface area contributed by atoms with Crippen LogP contribution in [0.4, 0.5) is 14.5 Å². The second kappa shape index (κ2) is 6.28. The number of halogens is 4. The molecule has 0 atom stereocenters. The molecule has 0 fully saturated rings. The first kappa shape index (κ1) is 15.5. The smallest absolute Gasteiger partial charge is 0.340 e. The van der Waals surface area contributed by atoms with Crippen LogP contribution in [0.2, 0.25) is 10.0 Å². The van der Waals surface area contributed by atoms with E-state index in [1.165, 1.54) is 18.2 Å². The summed E-state index contributed by atoms with van der Waals surface area (Å²) in [5, 5.41) is 0.137. The van der Waals surface area contributed by atoms with Crippen LogP contribution in [0, 0.1) is 11.6 Å². The third-order valence-electron chi connectivity index (χ3n) is 2.62. The minimum atomic E-state index is -1.02. The highest BCUT2D eigenvalue weighted by Gasteiger charge is 2.16. The van der Waals surface area contributed by atoms with Crippen LogP contribution in [0.3, 0.4) is 0 Å². The van der Waals surface area contributed by atoms with Gasteiger partial charge in [0.1, 0.15) is 6.61 Å². The number of carbonyl (C=O) groups excluding carboxylic acids is 1. The van der Waals surface area contributed by atoms with Gasteiger partial charge < -0.3 is 10.5 Å². The average Bonchev–Trinajstić information content (AvgIpc) is 2.43. The Kier molecular flexibility index (Phi) is 4.65. The van der Waals surface area contributed by atoms with E-state index in [1.54, 1.807) is 0 Å². The van der Waals surface area contributed by atoms with E-state index in [0.717, 1.165) is 12.1 Å². The molecule has 21 heavy (non-hydrogen) atoms. The molecule has 0 radical (unpaired) electrons. The summed E-state index contributed by atoms with van der Waals surface area (Å²) >= 11 is 11.7. The van der Waals surface area contributed by atoms with E-state index in [4.69, 9.17) is 33.7 Å². The highest BCUT2D eigenvalue weighted by molar-refractivity contribution is 6.44. The number of benzene rings is 2. The lowest BCUT2D eigenvalue weighted by atomic mass is 10.2. The van der Waals surface area contributed by atoms with Crippen LogP contribution < -0.4 is 5.73 Å². The zero-order valence-corrected chi connectivity index (χ0v) is 12.0. The van der Waals surface area contributed by atoms with E-state index in [0.29, 0.717) is 5.56 Å². The van der Waals surface area contributed by atoms with Crippen molar-refractivity contribution < 1.29 is 18.3 Å². The molecule has 0 aliphatic carbocycles. The third kappa shape index (κ3) is 3.62. The van der Waals surface area contributed by atoms with Crippen LogP contribution in [0.5, 0.6) is 0 Å². The summed E-state index contributed by atoms with van der Waals surface area (Å²) < 4.78 is 30.8. The Morgan fingerprint density at radius 2 is 1.86 bits per heavy atom. The number of hydrogen-bond donors (Lipinski definition) is 1. The Balaban J connectivity index is 2.13. The van der Waals surface area contributed by atoms with Crippen molar-refractivity contribution in [3.05, 3.63) is 63.1 Å². The molecule has 0 bridgehead atoms. The highest BCUT2D eigenvalue weighted by Crippen LogP contribution is 2.29. The highest BCUT2D eigenvalue weighted by atomic mass is 35.5. The van der Waals surface area contributed by atoms with Gasteiger partial charge in [-0.2, -0.15) is 0 Å². The van der Waals surface area contributed by atoms with Crippen LogP contribution >= 0.6 is 23.2 Å². The standard InChI is InChI=1S/C14H9Cl2F2NO2/c15-10-5-8(19)4-9(13(10)16)14(20)21-6-7-1-2-11(17)12(18)3-7/h1-5H,6,19H2. The van der Waals surface area contributed by atoms with Crippen molar-refractivity contribution in [3.63, 3.8) is 0 Å². The summed E-state index contributed by atoms with van der Waals surface area (Å²) in [6, 6.07) is 5.91. The molecule has 0 unspecified atom stereocenters. The van der Waals surface area contributed by atoms with Gasteiger partial charge in [-0.25, -0.2) is 13.6 Å². The van der Waals surface area contributed by atoms with Crippen LogP contribution in [-0.2, 0) is 11.3 Å². The summed E-state index contributed by atoms with van der Waals surface area (Å²) in [6.45, 7) is -0.237. The summed E-state index contributed by atoms with van der Waals surface area (Å²) in [5.74, 6) is -2.76. The largest absolute Gasteiger partial charge is 0.457 e. The quantitative estimate of drug-likeness (QED) is 0.677. The summed E-state index contributed by atoms with van der Waals surface area (Å²) in [6.07, 6.45) is 0. The Morgan fingerprint density at radius 3 is 2.52 bits per heavy atom. The fraction of sp³-hybridized carbons (Fsp3) is 0.0714. The maximum Gasteiger partial charge on any atom is 0.340 e. The lowest BCUT2D eigenvalue weighted by molar-refractivity contribution is 0.0472. The molecule has 110 valence electrons. The second-order valence-electron chi connectivity index (χ2n) is 4.19. The van der Waals surface area contributed by atoms with E-state index in [-0.39, 0.29) is 27.9 Å². The average molecular weight is 332 g/mol. The second-order valence-corrected chi connectivity index (χ2v) is 4.97. The van der Waals surface area contributed by atoms with Crippen molar-refractivity contribution in [3.8, 4) is 0 Å². The Bertz CT molecular complexity index is 708. The van der Waals surface area contributed by atoms with E-state index in [1.807, 2.05) is 0 Å². The van der Waals surface area contributed by atoms with Gasteiger partial charge in [0, 0.05) is 5.69 Å². The number of ether oxygens (including phenoxy) is 1. The lowest BCUT2D eigenvalue weighted by Crippen LogP contribution is -2.07. The molecule has 2 N–H and O–H groups in total. The third-order valence-corrected chi connectivity index (χ3v) is 3.43. The van der Waals surface area contributed by atoms with Crippen LogP contribution in [0.25, 0.3) is 0 Å². The Hall–Kier alpha value is -1.85. The molecule has 2 aromatic carbocycles. The van der Waals surface area contributed by atoms with Crippen LogP contribution in [0.15, 0.2) is 30.3 Å². The zero-order valence-electron chi connectivity index (χ0n) is 10.5. The molecule has 0 aliphatic rings. The number of carbonyl (C=O) groups is 1. The molecule has 0 heterocycles. The number of nitrogens with two attached hydrogens (primary N) is 1. The van der Waals surface area contributed by atoms with Crippen LogP contribution in [0.1, 0.15) is 15.9 Å². The fourth-order valence-corrected chi connectivity index (χ4v) is 2.03. The predicted molar refractivity (Wildman–Crippen MR) is 76.4 cm³/mol. The molecular formula is C14H9Cl2F2NO2. The summed E-state index contributed by atoms with van der Waals surface area (Å²) in [4.78, 5) is 11.9. The number of nitrogen functional groups attached to an aromatic ring is 1. The minimum Gasteiger partial charge on any atom is -0.457 e. The van der Waals surface area contributed by atoms with Gasteiger partial charge in [-0.3, -0.25) is 0 Å². The van der Waals surface area contributed by atoms with Crippen molar-refractivity contribution in [2.45, 2.75) is 6.61 Å². The topological polar surface area (TPSA) is 52.3 Å². The number of esters is 1. The first-order valence-corrected chi connectivity index (χ1v) is 6.49. The van der Waals surface area contributed by atoms with Gasteiger partial charge in [-0.05, 0) is 29.8 Å². The number of hydrogen-bond acceptors (Lipinski definition) is 3. The Morgan fingerprint density at radius 1 is 1.14 bits per heavy atom. The van der Waals surface area contributed by atoms with Crippen molar-refractivity contribution in [1.82, 2.24) is 0 Å². The molecule has 2 rings (SSSR count). The van der Waals surface area contributed by atoms with Gasteiger partial charge in [0.15, 0.2) is 11.6 Å². The Labute approximate surface area is 129 Å². The van der Waals surface area contributed by atoms with E-state index < -0.39 is 17.6 Å². The maximum atomic E-state index is 13.0. The van der Waals surface area contributed by atoms with E-state index >= 15 is 0 Å². The molecule has 0 spiro atoms. The van der Waals surface area contributed by atoms with Gasteiger partial charge in [-0.1, -0.05) is 29.3 Å². The number of rotatable bonds is 3.